The number of anilines is 3. The molecule has 146 valence electrons. The highest BCUT2D eigenvalue weighted by molar-refractivity contribution is 5.77. The Morgan fingerprint density at radius 2 is 1.44 bits per heavy atom. The first-order chi connectivity index (χ1) is 12.9. The van der Waals surface area contributed by atoms with Crippen LogP contribution in [0, 0.1) is 0 Å². The second kappa shape index (κ2) is 9.42. The van der Waals surface area contributed by atoms with Gasteiger partial charge in [0.05, 0.1) is 18.4 Å². The summed E-state index contributed by atoms with van der Waals surface area (Å²) in [5.74, 6) is 1.01. The van der Waals surface area contributed by atoms with Crippen LogP contribution in [0.2, 0.25) is 0 Å². The van der Waals surface area contributed by atoms with Crippen molar-refractivity contribution in [1.29, 1.82) is 0 Å². The van der Waals surface area contributed by atoms with E-state index >= 15 is 0 Å². The maximum atomic E-state index is 4.82. The summed E-state index contributed by atoms with van der Waals surface area (Å²) in [7, 11) is 8.28. The lowest BCUT2D eigenvalue weighted by atomic mass is 10.2. The Morgan fingerprint density at radius 1 is 0.889 bits per heavy atom. The zero-order valence-corrected chi connectivity index (χ0v) is 17.8. The second-order valence-corrected chi connectivity index (χ2v) is 6.93. The van der Waals surface area contributed by atoms with Crippen LogP contribution in [0.4, 0.5) is 22.7 Å². The van der Waals surface area contributed by atoms with Crippen molar-refractivity contribution in [3.8, 4) is 0 Å². The number of quaternary nitrogens is 1. The Hall–Kier alpha value is -2.53. The third-order valence-electron chi connectivity index (χ3n) is 4.98. The van der Waals surface area contributed by atoms with Crippen molar-refractivity contribution in [3.05, 3.63) is 48.5 Å². The Bertz CT molecular complexity index is 748. The van der Waals surface area contributed by atoms with Crippen LogP contribution < -0.4 is 19.7 Å². The van der Waals surface area contributed by atoms with Crippen molar-refractivity contribution in [3.63, 3.8) is 0 Å². The summed E-state index contributed by atoms with van der Waals surface area (Å²) in [6.45, 7) is 8.47. The summed E-state index contributed by atoms with van der Waals surface area (Å²) >= 11 is 0. The Balaban J connectivity index is 2.20. The van der Waals surface area contributed by atoms with Crippen LogP contribution in [-0.4, -0.2) is 47.1 Å². The molecule has 2 aromatic carbocycles. The number of hydrogen-bond acceptors (Lipinski definition) is 4. The lowest BCUT2D eigenvalue weighted by Crippen LogP contribution is -3.06. The molecule has 1 atom stereocenters. The quantitative estimate of drug-likeness (QED) is 0.462. The van der Waals surface area contributed by atoms with E-state index in [0.717, 1.165) is 24.6 Å². The van der Waals surface area contributed by atoms with Crippen LogP contribution in [0.15, 0.2) is 53.6 Å². The third kappa shape index (κ3) is 5.01. The summed E-state index contributed by atoms with van der Waals surface area (Å²) in [4.78, 5) is 5.67. The lowest BCUT2D eigenvalue weighted by molar-refractivity contribution is -0.705. The highest BCUT2D eigenvalue weighted by Gasteiger charge is 2.17. The maximum Gasteiger partial charge on any atom is 0.220 e. The fraction of sp³-hybridized carbons (Fsp3) is 0.409. The maximum absolute atomic E-state index is 4.82. The molecule has 5 heteroatoms. The minimum absolute atomic E-state index is 1.01. The minimum atomic E-state index is 1.01. The Kier molecular flexibility index (Phi) is 7.25. The van der Waals surface area contributed by atoms with Crippen LogP contribution in [-0.2, 0) is 0 Å². The first-order valence-corrected chi connectivity index (χ1v) is 9.63. The molecule has 0 fully saturated rings. The molecule has 0 radical (unpaired) electrons. The predicted octanol–water partition coefficient (Wildman–Crippen LogP) is 3.21. The van der Waals surface area contributed by atoms with Gasteiger partial charge in [-0.15, -0.1) is 5.10 Å². The zero-order valence-electron chi connectivity index (χ0n) is 17.8. The molecule has 5 nitrogen and oxygen atoms in total. The SMILES string of the molecule is CCN(CC)c1ccc(N(C)/N=C(\C)[NH+](C)c2ccccc2N(C)C)cc1. The van der Waals surface area contributed by atoms with Gasteiger partial charge in [-0.1, -0.05) is 12.1 Å². The molecule has 0 spiro atoms. The van der Waals surface area contributed by atoms with Gasteiger partial charge in [0.2, 0.25) is 5.84 Å². The Labute approximate surface area is 164 Å². The van der Waals surface area contributed by atoms with Crippen molar-refractivity contribution < 1.29 is 4.90 Å². The van der Waals surface area contributed by atoms with Gasteiger partial charge in [-0.3, -0.25) is 9.91 Å². The summed E-state index contributed by atoms with van der Waals surface area (Å²) in [5.41, 5.74) is 4.75. The highest BCUT2D eigenvalue weighted by atomic mass is 15.5. The summed E-state index contributed by atoms with van der Waals surface area (Å²) in [6.07, 6.45) is 0. The standard InChI is InChI=1S/C22H33N5/c1-8-27(9-2)20-16-14-19(15-17-20)26(7)23-18(3)25(6)22-13-11-10-12-21(22)24(4)5/h10-17H,8-9H2,1-7H3/p+1/b23-18+. The lowest BCUT2D eigenvalue weighted by Gasteiger charge is -2.23. The molecular weight excluding hydrogens is 334 g/mol. The predicted molar refractivity (Wildman–Crippen MR) is 119 cm³/mol. The summed E-state index contributed by atoms with van der Waals surface area (Å²) < 4.78 is 0. The second-order valence-electron chi connectivity index (χ2n) is 6.93. The number of amidine groups is 1. The zero-order chi connectivity index (χ0) is 20.0. The van der Waals surface area contributed by atoms with E-state index in [-0.39, 0.29) is 0 Å². The largest absolute Gasteiger partial charge is 0.373 e. The van der Waals surface area contributed by atoms with E-state index in [1.807, 2.05) is 12.1 Å². The molecule has 0 bridgehead atoms. The minimum Gasteiger partial charge on any atom is -0.373 e. The molecular formula is C22H34N5+. The number of hydrazone groups is 1. The molecule has 0 aromatic heterocycles. The average molecular weight is 369 g/mol. The molecule has 1 unspecified atom stereocenters. The summed E-state index contributed by atoms with van der Waals surface area (Å²) in [5, 5.41) is 6.77. The van der Waals surface area contributed by atoms with Crippen molar-refractivity contribution in [2.24, 2.45) is 5.10 Å². The van der Waals surface area contributed by atoms with E-state index in [9.17, 15) is 0 Å². The van der Waals surface area contributed by atoms with E-state index in [2.05, 4.69) is 100 Å². The normalized spacial score (nSPS) is 12.6. The van der Waals surface area contributed by atoms with Gasteiger partial charge in [0.25, 0.3) is 0 Å². The molecule has 0 heterocycles. The fourth-order valence-corrected chi connectivity index (χ4v) is 3.20. The third-order valence-corrected chi connectivity index (χ3v) is 4.98. The molecule has 0 aliphatic rings. The summed E-state index contributed by atoms with van der Waals surface area (Å²) in [6, 6.07) is 17.0. The van der Waals surface area contributed by atoms with E-state index < -0.39 is 0 Å². The van der Waals surface area contributed by atoms with E-state index in [4.69, 9.17) is 5.10 Å². The monoisotopic (exact) mass is 368 g/mol. The first kappa shape index (κ1) is 20.8. The number of para-hydroxylation sites is 2. The van der Waals surface area contributed by atoms with Gasteiger partial charge in [-0.2, -0.15) is 0 Å². The van der Waals surface area contributed by atoms with E-state index in [1.165, 1.54) is 22.0 Å². The smallest absolute Gasteiger partial charge is 0.220 e. The fourth-order valence-electron chi connectivity index (χ4n) is 3.20. The van der Waals surface area contributed by atoms with Crippen LogP contribution in [0.3, 0.4) is 0 Å². The number of rotatable bonds is 7. The number of benzene rings is 2. The molecule has 2 aromatic rings. The van der Waals surface area contributed by atoms with Crippen molar-refractivity contribution in [2.45, 2.75) is 20.8 Å². The molecule has 0 amide bonds. The van der Waals surface area contributed by atoms with Crippen molar-refractivity contribution in [2.75, 3.05) is 56.1 Å². The highest BCUT2D eigenvalue weighted by Crippen LogP contribution is 2.21. The van der Waals surface area contributed by atoms with Crippen LogP contribution in [0.5, 0.6) is 0 Å². The van der Waals surface area contributed by atoms with Gasteiger partial charge in [0.15, 0.2) is 5.69 Å². The molecule has 0 aliphatic heterocycles. The van der Waals surface area contributed by atoms with Gasteiger partial charge >= 0.3 is 0 Å². The number of nitrogens with zero attached hydrogens (tertiary/aromatic N) is 4. The van der Waals surface area contributed by atoms with Gasteiger partial charge in [-0.25, -0.2) is 0 Å². The molecule has 1 N–H and O–H groups in total. The number of nitrogens with one attached hydrogen (secondary N) is 1. The van der Waals surface area contributed by atoms with Crippen molar-refractivity contribution >= 4 is 28.6 Å². The Morgan fingerprint density at radius 3 is 2.00 bits per heavy atom. The van der Waals surface area contributed by atoms with Gasteiger partial charge < -0.3 is 9.80 Å². The topological polar surface area (TPSA) is 26.5 Å². The van der Waals surface area contributed by atoms with Gasteiger partial charge in [0.1, 0.15) is 0 Å². The van der Waals surface area contributed by atoms with Crippen LogP contribution in [0.1, 0.15) is 20.8 Å². The van der Waals surface area contributed by atoms with Crippen LogP contribution >= 0.6 is 0 Å². The molecule has 27 heavy (non-hydrogen) atoms. The van der Waals surface area contributed by atoms with E-state index in [0.29, 0.717) is 0 Å². The first-order valence-electron chi connectivity index (χ1n) is 9.63. The molecule has 0 aliphatic carbocycles. The van der Waals surface area contributed by atoms with Crippen molar-refractivity contribution in [1.82, 2.24) is 0 Å². The molecule has 0 saturated heterocycles. The average Bonchev–Trinajstić information content (AvgIpc) is 2.68. The van der Waals surface area contributed by atoms with Gasteiger partial charge in [0, 0.05) is 52.9 Å². The van der Waals surface area contributed by atoms with Crippen LogP contribution in [0.25, 0.3) is 0 Å². The van der Waals surface area contributed by atoms with E-state index in [1.54, 1.807) is 0 Å². The molecule has 0 saturated carbocycles. The number of hydrogen-bond donors (Lipinski definition) is 1. The molecule has 2 rings (SSSR count). The van der Waals surface area contributed by atoms with Gasteiger partial charge in [-0.05, 0) is 44.2 Å².